The molecule has 1 fully saturated rings. The highest BCUT2D eigenvalue weighted by Gasteiger charge is 2.41. The van der Waals surface area contributed by atoms with Gasteiger partial charge in [-0.15, -0.1) is 0 Å². The number of benzene rings is 1. The molecule has 2 atom stereocenters. The summed E-state index contributed by atoms with van der Waals surface area (Å²) in [4.78, 5) is 17.3. The summed E-state index contributed by atoms with van der Waals surface area (Å²) in [7, 11) is -3.71. The first kappa shape index (κ1) is 22.6. The number of hydrogen-bond acceptors (Lipinski definition) is 5. The van der Waals surface area contributed by atoms with Gasteiger partial charge in [0.1, 0.15) is 11.6 Å². The highest BCUT2D eigenvalue weighted by molar-refractivity contribution is 7.92. The van der Waals surface area contributed by atoms with Crippen molar-refractivity contribution in [1.82, 2.24) is 14.8 Å². The van der Waals surface area contributed by atoms with E-state index in [1.54, 1.807) is 17.1 Å². The van der Waals surface area contributed by atoms with Crippen LogP contribution in [0.15, 0.2) is 53.7 Å². The highest BCUT2D eigenvalue weighted by atomic mass is 35.5. The number of nitrogens with zero attached hydrogens (tertiary/aromatic N) is 3. The lowest BCUT2D eigenvalue weighted by atomic mass is 9.97. The Labute approximate surface area is 191 Å². The molecule has 0 bridgehead atoms. The van der Waals surface area contributed by atoms with E-state index >= 15 is 0 Å². The Morgan fingerprint density at radius 2 is 1.94 bits per heavy atom. The third-order valence-electron chi connectivity index (χ3n) is 5.95. The van der Waals surface area contributed by atoms with E-state index in [-0.39, 0.29) is 17.1 Å². The summed E-state index contributed by atoms with van der Waals surface area (Å²) < 4.78 is 40.9. The SMILES string of the molecule is Cc1ccc(-n2cc(CCC(=O)C3CCCC3S(=O)(=O)c3ccc(F)cc3)c(Cl)n2)cn1. The van der Waals surface area contributed by atoms with E-state index in [1.165, 1.54) is 12.1 Å². The maximum Gasteiger partial charge on any atom is 0.181 e. The molecule has 9 heteroatoms. The van der Waals surface area contributed by atoms with Crippen LogP contribution < -0.4 is 0 Å². The van der Waals surface area contributed by atoms with E-state index in [1.807, 2.05) is 19.1 Å². The molecular weight excluding hydrogens is 453 g/mol. The number of carbonyl (C=O) groups is 1. The molecule has 0 saturated heterocycles. The van der Waals surface area contributed by atoms with Crippen LogP contribution in [0.5, 0.6) is 0 Å². The molecule has 1 aliphatic carbocycles. The first-order chi connectivity index (χ1) is 15.3. The van der Waals surface area contributed by atoms with Gasteiger partial charge in [-0.2, -0.15) is 5.10 Å². The molecule has 168 valence electrons. The monoisotopic (exact) mass is 475 g/mol. The van der Waals surface area contributed by atoms with Crippen molar-refractivity contribution < 1.29 is 17.6 Å². The lowest BCUT2D eigenvalue weighted by Crippen LogP contribution is -2.31. The average Bonchev–Trinajstić information content (AvgIpc) is 3.40. The van der Waals surface area contributed by atoms with Crippen molar-refractivity contribution in [2.45, 2.75) is 49.2 Å². The van der Waals surface area contributed by atoms with Crippen LogP contribution in [-0.2, 0) is 21.1 Å². The molecular formula is C23H23ClFN3O3S. The predicted octanol–water partition coefficient (Wildman–Crippen LogP) is 4.51. The Hall–Kier alpha value is -2.58. The molecule has 32 heavy (non-hydrogen) atoms. The third kappa shape index (κ3) is 4.61. The van der Waals surface area contributed by atoms with Crippen molar-refractivity contribution >= 4 is 27.2 Å². The molecule has 1 aromatic carbocycles. The number of carbonyl (C=O) groups excluding carboxylic acids is 1. The van der Waals surface area contributed by atoms with Crippen LogP contribution in [-0.4, -0.2) is 34.2 Å². The Balaban J connectivity index is 1.46. The van der Waals surface area contributed by atoms with Crippen LogP contribution in [0.2, 0.25) is 5.15 Å². The standard InChI is InChI=1S/C23H23ClFN3O3S/c1-15-5-9-18(13-26-15)28-14-16(23(24)27-28)6-12-21(29)20-3-2-4-22(20)32(30,31)19-10-7-17(25)8-11-19/h5,7-11,13-14,20,22H,2-4,6,12H2,1H3. The van der Waals surface area contributed by atoms with Crippen molar-refractivity contribution in [1.29, 1.82) is 0 Å². The van der Waals surface area contributed by atoms with Gasteiger partial charge < -0.3 is 0 Å². The maximum absolute atomic E-state index is 13.2. The summed E-state index contributed by atoms with van der Waals surface area (Å²) in [5.41, 5.74) is 2.37. The van der Waals surface area contributed by atoms with E-state index in [0.717, 1.165) is 29.1 Å². The number of ketones is 1. The van der Waals surface area contributed by atoms with Gasteiger partial charge in [0.05, 0.1) is 22.0 Å². The van der Waals surface area contributed by atoms with Crippen molar-refractivity contribution in [3.05, 3.63) is 71.0 Å². The second kappa shape index (κ2) is 9.11. The zero-order valence-corrected chi connectivity index (χ0v) is 19.1. The summed E-state index contributed by atoms with van der Waals surface area (Å²) >= 11 is 6.27. The van der Waals surface area contributed by atoms with Gasteiger partial charge in [-0.3, -0.25) is 9.78 Å². The van der Waals surface area contributed by atoms with Crippen molar-refractivity contribution in [2.75, 3.05) is 0 Å². The normalized spacial score (nSPS) is 18.7. The fourth-order valence-electron chi connectivity index (χ4n) is 4.19. The molecule has 1 saturated carbocycles. The number of pyridine rings is 1. The van der Waals surface area contributed by atoms with Crippen LogP contribution >= 0.6 is 11.6 Å². The van der Waals surface area contributed by atoms with Gasteiger partial charge in [0.15, 0.2) is 15.0 Å². The van der Waals surface area contributed by atoms with Crippen molar-refractivity contribution in [3.63, 3.8) is 0 Å². The molecule has 3 aromatic rings. The number of hydrogen-bond donors (Lipinski definition) is 0. The summed E-state index contributed by atoms with van der Waals surface area (Å²) in [5, 5.41) is 3.82. The average molecular weight is 476 g/mol. The lowest BCUT2D eigenvalue weighted by Gasteiger charge is -2.19. The quantitative estimate of drug-likeness (QED) is 0.469. The first-order valence-corrected chi connectivity index (χ1v) is 12.4. The number of aryl methyl sites for hydroxylation is 2. The van der Waals surface area contributed by atoms with E-state index in [0.29, 0.717) is 30.8 Å². The van der Waals surface area contributed by atoms with Crippen LogP contribution in [0.1, 0.15) is 36.9 Å². The van der Waals surface area contributed by atoms with Crippen LogP contribution in [0.4, 0.5) is 4.39 Å². The first-order valence-electron chi connectivity index (χ1n) is 10.4. The fraction of sp³-hybridized carbons (Fsp3) is 0.348. The summed E-state index contributed by atoms with van der Waals surface area (Å²) in [6, 6.07) is 8.53. The topological polar surface area (TPSA) is 81.9 Å². The van der Waals surface area contributed by atoms with E-state index in [4.69, 9.17) is 11.6 Å². The number of rotatable bonds is 7. The van der Waals surface area contributed by atoms with E-state index < -0.39 is 26.8 Å². The molecule has 0 aliphatic heterocycles. The van der Waals surface area contributed by atoms with Gasteiger partial charge in [-0.25, -0.2) is 17.5 Å². The Morgan fingerprint density at radius 3 is 2.62 bits per heavy atom. The van der Waals surface area contributed by atoms with Gasteiger partial charge in [-0.05, 0) is 62.6 Å². The molecule has 2 aromatic heterocycles. The third-order valence-corrected chi connectivity index (χ3v) is 8.56. The second-order valence-corrected chi connectivity index (χ2v) is 10.6. The predicted molar refractivity (Wildman–Crippen MR) is 119 cm³/mol. The smallest absolute Gasteiger partial charge is 0.181 e. The second-order valence-electron chi connectivity index (χ2n) is 8.09. The minimum absolute atomic E-state index is 0.0552. The van der Waals surface area contributed by atoms with Gasteiger partial charge >= 0.3 is 0 Å². The van der Waals surface area contributed by atoms with Gasteiger partial charge in [0.25, 0.3) is 0 Å². The summed E-state index contributed by atoms with van der Waals surface area (Å²) in [6.07, 6.45) is 5.64. The lowest BCUT2D eigenvalue weighted by molar-refractivity contribution is -0.122. The van der Waals surface area contributed by atoms with E-state index in [9.17, 15) is 17.6 Å². The zero-order chi connectivity index (χ0) is 22.9. The number of Topliss-reactive ketones (excluding diaryl/α,β-unsaturated/α-hetero) is 1. The minimum atomic E-state index is -3.71. The zero-order valence-electron chi connectivity index (χ0n) is 17.5. The van der Waals surface area contributed by atoms with Crippen LogP contribution in [0, 0.1) is 18.7 Å². The molecule has 0 spiro atoms. The molecule has 0 amide bonds. The summed E-state index contributed by atoms with van der Waals surface area (Å²) in [6.45, 7) is 1.89. The van der Waals surface area contributed by atoms with Crippen LogP contribution in [0.25, 0.3) is 5.69 Å². The minimum Gasteiger partial charge on any atom is -0.299 e. The molecule has 1 aliphatic rings. The van der Waals surface area contributed by atoms with Gasteiger partial charge in [0.2, 0.25) is 0 Å². The number of aromatic nitrogens is 3. The molecule has 4 rings (SSSR count). The summed E-state index contributed by atoms with van der Waals surface area (Å²) in [5.74, 6) is -1.17. The Bertz CT molecular complexity index is 1220. The van der Waals surface area contributed by atoms with Gasteiger partial charge in [0, 0.05) is 29.8 Å². The number of sulfone groups is 1. The molecule has 2 heterocycles. The molecule has 6 nitrogen and oxygen atoms in total. The Kier molecular flexibility index (Phi) is 6.44. The van der Waals surface area contributed by atoms with Crippen molar-refractivity contribution in [2.24, 2.45) is 5.92 Å². The Morgan fingerprint density at radius 1 is 1.19 bits per heavy atom. The van der Waals surface area contributed by atoms with Gasteiger partial charge in [-0.1, -0.05) is 18.0 Å². The largest absolute Gasteiger partial charge is 0.299 e. The molecule has 2 unspecified atom stereocenters. The van der Waals surface area contributed by atoms with E-state index in [2.05, 4.69) is 10.1 Å². The highest BCUT2D eigenvalue weighted by Crippen LogP contribution is 2.36. The molecule has 0 radical (unpaired) electrons. The number of halogens is 2. The maximum atomic E-state index is 13.2. The fourth-order valence-corrected chi connectivity index (χ4v) is 6.48. The van der Waals surface area contributed by atoms with Crippen molar-refractivity contribution in [3.8, 4) is 5.69 Å². The van der Waals surface area contributed by atoms with Crippen LogP contribution in [0.3, 0.4) is 0 Å². The molecule has 0 N–H and O–H groups in total.